The lowest BCUT2D eigenvalue weighted by atomic mass is 10.3. The first kappa shape index (κ1) is 14.8. The first-order valence-corrected chi connectivity index (χ1v) is 7.56. The van der Waals surface area contributed by atoms with Crippen LogP contribution in [0.1, 0.15) is 20.3 Å². The summed E-state index contributed by atoms with van der Waals surface area (Å²) in [5.74, 6) is 2.17. The van der Waals surface area contributed by atoms with E-state index in [9.17, 15) is 4.79 Å². The predicted molar refractivity (Wildman–Crippen MR) is 74.5 cm³/mol. The predicted octanol–water partition coefficient (Wildman–Crippen LogP) is 0.538. The SMILES string of the molecule is CC(C)N(C)CCCNC(=O)C1CSCCN1. The Morgan fingerprint density at radius 2 is 2.35 bits per heavy atom. The summed E-state index contributed by atoms with van der Waals surface area (Å²) in [4.78, 5) is 14.1. The third-order valence-electron chi connectivity index (χ3n) is 3.11. The van der Waals surface area contributed by atoms with Gasteiger partial charge in [-0.3, -0.25) is 4.79 Å². The molecule has 4 nitrogen and oxygen atoms in total. The molecule has 0 aromatic rings. The van der Waals surface area contributed by atoms with Gasteiger partial charge in [0, 0.05) is 30.6 Å². The maximum Gasteiger partial charge on any atom is 0.237 e. The van der Waals surface area contributed by atoms with Crippen LogP contribution in [-0.2, 0) is 4.79 Å². The van der Waals surface area contributed by atoms with E-state index in [-0.39, 0.29) is 11.9 Å². The molecular formula is C12H25N3OS. The van der Waals surface area contributed by atoms with Gasteiger partial charge in [0.1, 0.15) is 0 Å². The van der Waals surface area contributed by atoms with E-state index in [1.54, 1.807) is 0 Å². The van der Waals surface area contributed by atoms with Crippen molar-refractivity contribution in [3.8, 4) is 0 Å². The minimum absolute atomic E-state index is 0.0107. The lowest BCUT2D eigenvalue weighted by Crippen LogP contribution is -2.49. The van der Waals surface area contributed by atoms with Gasteiger partial charge in [-0.15, -0.1) is 0 Å². The Morgan fingerprint density at radius 1 is 1.59 bits per heavy atom. The molecule has 0 radical (unpaired) electrons. The topological polar surface area (TPSA) is 44.4 Å². The van der Waals surface area contributed by atoms with Crippen LogP contribution in [0.2, 0.25) is 0 Å². The van der Waals surface area contributed by atoms with Gasteiger partial charge in [0.15, 0.2) is 0 Å². The van der Waals surface area contributed by atoms with Crippen molar-refractivity contribution in [2.24, 2.45) is 0 Å². The lowest BCUT2D eigenvalue weighted by Gasteiger charge is -2.23. The van der Waals surface area contributed by atoms with E-state index in [1.807, 2.05) is 11.8 Å². The molecule has 1 aliphatic rings. The molecule has 1 atom stereocenters. The van der Waals surface area contributed by atoms with E-state index in [4.69, 9.17) is 0 Å². The van der Waals surface area contributed by atoms with Crippen LogP contribution in [0.15, 0.2) is 0 Å². The molecule has 100 valence electrons. The number of nitrogens with one attached hydrogen (secondary N) is 2. The fraction of sp³-hybridized carbons (Fsp3) is 0.917. The highest BCUT2D eigenvalue weighted by Gasteiger charge is 2.20. The molecule has 1 amide bonds. The Hall–Kier alpha value is -0.260. The van der Waals surface area contributed by atoms with Crippen LogP contribution in [0.5, 0.6) is 0 Å². The van der Waals surface area contributed by atoms with Crippen LogP contribution in [0.25, 0.3) is 0 Å². The number of carbonyl (C=O) groups excluding carboxylic acids is 1. The zero-order valence-electron chi connectivity index (χ0n) is 11.2. The molecule has 0 aliphatic carbocycles. The van der Waals surface area contributed by atoms with E-state index < -0.39 is 0 Å². The molecule has 1 heterocycles. The van der Waals surface area contributed by atoms with Gasteiger partial charge in [0.2, 0.25) is 5.91 Å². The number of nitrogens with zero attached hydrogens (tertiary/aromatic N) is 1. The highest BCUT2D eigenvalue weighted by Crippen LogP contribution is 2.07. The average Bonchev–Trinajstić information content (AvgIpc) is 2.35. The van der Waals surface area contributed by atoms with Crippen molar-refractivity contribution in [2.75, 3.05) is 38.2 Å². The van der Waals surface area contributed by atoms with Gasteiger partial charge in [-0.1, -0.05) is 0 Å². The van der Waals surface area contributed by atoms with E-state index in [0.29, 0.717) is 6.04 Å². The highest BCUT2D eigenvalue weighted by molar-refractivity contribution is 7.99. The summed E-state index contributed by atoms with van der Waals surface area (Å²) in [7, 11) is 2.12. The summed E-state index contributed by atoms with van der Waals surface area (Å²) in [5.41, 5.74) is 0. The maximum absolute atomic E-state index is 11.8. The minimum Gasteiger partial charge on any atom is -0.355 e. The first-order chi connectivity index (χ1) is 8.11. The quantitative estimate of drug-likeness (QED) is 0.683. The van der Waals surface area contributed by atoms with Gasteiger partial charge in [-0.05, 0) is 33.9 Å². The maximum atomic E-state index is 11.8. The standard InChI is InChI=1S/C12H25N3OS/c1-10(2)15(3)7-4-5-14-12(16)11-9-17-8-6-13-11/h10-11,13H,4-9H2,1-3H3,(H,14,16). The van der Waals surface area contributed by atoms with Gasteiger partial charge in [0.05, 0.1) is 6.04 Å². The second-order valence-electron chi connectivity index (χ2n) is 4.80. The van der Waals surface area contributed by atoms with Crippen molar-refractivity contribution in [1.82, 2.24) is 15.5 Å². The number of rotatable bonds is 6. The van der Waals surface area contributed by atoms with Crippen molar-refractivity contribution in [1.29, 1.82) is 0 Å². The molecule has 0 aromatic heterocycles. The second-order valence-corrected chi connectivity index (χ2v) is 5.95. The van der Waals surface area contributed by atoms with Crippen LogP contribution in [0, 0.1) is 0 Å². The molecule has 5 heteroatoms. The molecule has 0 bridgehead atoms. The summed E-state index contributed by atoms with van der Waals surface area (Å²) in [6.07, 6.45) is 1.01. The summed E-state index contributed by atoms with van der Waals surface area (Å²) in [6, 6.07) is 0.582. The Morgan fingerprint density at radius 3 is 2.94 bits per heavy atom. The zero-order chi connectivity index (χ0) is 12.7. The van der Waals surface area contributed by atoms with Gasteiger partial charge in [-0.2, -0.15) is 11.8 Å². The third-order valence-corrected chi connectivity index (χ3v) is 4.17. The summed E-state index contributed by atoms with van der Waals surface area (Å²) in [5, 5.41) is 6.25. The molecule has 1 fully saturated rings. The number of carbonyl (C=O) groups is 1. The number of hydrogen-bond donors (Lipinski definition) is 2. The lowest BCUT2D eigenvalue weighted by molar-refractivity contribution is -0.122. The largest absolute Gasteiger partial charge is 0.355 e. The molecule has 0 saturated carbocycles. The number of amides is 1. The monoisotopic (exact) mass is 259 g/mol. The van der Waals surface area contributed by atoms with Gasteiger partial charge < -0.3 is 15.5 Å². The minimum atomic E-state index is 0.0107. The molecule has 1 rings (SSSR count). The van der Waals surface area contributed by atoms with Gasteiger partial charge in [0.25, 0.3) is 0 Å². The zero-order valence-corrected chi connectivity index (χ0v) is 12.0. The third kappa shape index (κ3) is 5.75. The smallest absolute Gasteiger partial charge is 0.237 e. The van der Waals surface area contributed by atoms with Crippen LogP contribution < -0.4 is 10.6 Å². The second kappa shape index (κ2) is 7.95. The number of thioether (sulfide) groups is 1. The Bertz CT molecular complexity index is 230. The Balaban J connectivity index is 2.07. The normalized spacial score (nSPS) is 20.9. The fourth-order valence-corrected chi connectivity index (χ4v) is 2.59. The first-order valence-electron chi connectivity index (χ1n) is 6.40. The molecular weight excluding hydrogens is 234 g/mol. The van der Waals surface area contributed by atoms with E-state index in [2.05, 4.69) is 36.4 Å². The highest BCUT2D eigenvalue weighted by atomic mass is 32.2. The molecule has 1 unspecified atom stereocenters. The molecule has 1 saturated heterocycles. The molecule has 1 aliphatic heterocycles. The van der Waals surface area contributed by atoms with Gasteiger partial charge >= 0.3 is 0 Å². The molecule has 2 N–H and O–H groups in total. The van der Waals surface area contributed by atoms with Crippen molar-refractivity contribution < 1.29 is 4.79 Å². The molecule has 17 heavy (non-hydrogen) atoms. The summed E-state index contributed by atoms with van der Waals surface area (Å²) < 4.78 is 0. The molecule has 0 aromatic carbocycles. The average molecular weight is 259 g/mol. The summed E-state index contributed by atoms with van der Waals surface area (Å²) in [6.45, 7) is 7.12. The summed E-state index contributed by atoms with van der Waals surface area (Å²) >= 11 is 1.85. The van der Waals surface area contributed by atoms with Crippen LogP contribution in [0.4, 0.5) is 0 Å². The molecule has 0 spiro atoms. The van der Waals surface area contributed by atoms with Crippen molar-refractivity contribution in [3.63, 3.8) is 0 Å². The van der Waals surface area contributed by atoms with Crippen molar-refractivity contribution in [3.05, 3.63) is 0 Å². The Kier molecular flexibility index (Phi) is 6.92. The van der Waals surface area contributed by atoms with Crippen molar-refractivity contribution in [2.45, 2.75) is 32.4 Å². The fourth-order valence-electron chi connectivity index (χ4n) is 1.66. The van der Waals surface area contributed by atoms with E-state index in [0.717, 1.165) is 37.6 Å². The Labute approximate surface area is 109 Å². The number of hydrogen-bond acceptors (Lipinski definition) is 4. The van der Waals surface area contributed by atoms with Crippen molar-refractivity contribution >= 4 is 17.7 Å². The van der Waals surface area contributed by atoms with Crippen LogP contribution in [-0.4, -0.2) is 61.1 Å². The van der Waals surface area contributed by atoms with E-state index >= 15 is 0 Å². The van der Waals surface area contributed by atoms with Crippen LogP contribution in [0.3, 0.4) is 0 Å². The van der Waals surface area contributed by atoms with Gasteiger partial charge in [-0.25, -0.2) is 0 Å². The van der Waals surface area contributed by atoms with E-state index in [1.165, 1.54) is 0 Å². The van der Waals surface area contributed by atoms with Crippen LogP contribution >= 0.6 is 11.8 Å².